The van der Waals surface area contributed by atoms with Gasteiger partial charge >= 0.3 is 25.7 Å². The van der Waals surface area contributed by atoms with Gasteiger partial charge in [0.15, 0.2) is 11.9 Å². The molecule has 0 aliphatic heterocycles. The fourth-order valence-electron chi connectivity index (χ4n) is 5.45. The Morgan fingerprint density at radius 3 is 1.65 bits per heavy atom. The van der Waals surface area contributed by atoms with Crippen molar-refractivity contribution in [3.63, 3.8) is 0 Å². The lowest BCUT2D eigenvalue weighted by molar-refractivity contribution is -0.161. The molecule has 0 spiro atoms. The van der Waals surface area contributed by atoms with Gasteiger partial charge in [-0.25, -0.2) is 4.57 Å². The number of phosphoric acid groups is 1. The van der Waals surface area contributed by atoms with Crippen LogP contribution < -0.4 is 5.73 Å². The number of rotatable bonds is 39. The Hall–Kier alpha value is -2.63. The number of ketones is 1. The first kappa shape index (κ1) is 52.4. The van der Waals surface area contributed by atoms with Crippen molar-refractivity contribution in [1.29, 1.82) is 0 Å². The Morgan fingerprint density at radius 1 is 0.600 bits per heavy atom. The highest BCUT2D eigenvalue weighted by Gasteiger charge is 2.28. The van der Waals surface area contributed by atoms with Gasteiger partial charge in [0, 0.05) is 19.3 Å². The van der Waals surface area contributed by atoms with Crippen LogP contribution in [0, 0.1) is 0 Å². The number of carbonyl (C=O) groups excluding carboxylic acids is 3. The van der Waals surface area contributed by atoms with Crippen LogP contribution in [0.2, 0.25) is 0 Å². The van der Waals surface area contributed by atoms with Crippen molar-refractivity contribution in [2.75, 3.05) is 19.8 Å². The lowest BCUT2D eigenvalue weighted by atomic mass is 10.1. The van der Waals surface area contributed by atoms with Gasteiger partial charge in [-0.2, -0.15) is 0 Å². The van der Waals surface area contributed by atoms with E-state index in [0.717, 1.165) is 89.9 Å². The Morgan fingerprint density at radius 2 is 1.07 bits per heavy atom. The van der Waals surface area contributed by atoms with Crippen LogP contribution >= 0.6 is 7.82 Å². The molecule has 0 amide bonds. The smallest absolute Gasteiger partial charge is 0.472 e. The predicted molar refractivity (Wildman–Crippen MR) is 217 cm³/mol. The van der Waals surface area contributed by atoms with Crippen LogP contribution in [0.5, 0.6) is 0 Å². The topological polar surface area (TPSA) is 189 Å². The van der Waals surface area contributed by atoms with Crippen LogP contribution in [0.25, 0.3) is 0 Å². The number of nitrogens with two attached hydrogens (primary N) is 1. The van der Waals surface area contributed by atoms with E-state index in [0.29, 0.717) is 19.3 Å². The summed E-state index contributed by atoms with van der Waals surface area (Å²) < 4.78 is 32.6. The maximum Gasteiger partial charge on any atom is 0.472 e. The molecule has 0 aromatic rings. The predicted octanol–water partition coefficient (Wildman–Crippen LogP) is 10.0. The molecule has 0 rings (SSSR count). The van der Waals surface area contributed by atoms with E-state index in [1.807, 2.05) is 12.2 Å². The van der Waals surface area contributed by atoms with Crippen LogP contribution in [-0.2, 0) is 42.3 Å². The van der Waals surface area contributed by atoms with Crippen molar-refractivity contribution in [2.45, 2.75) is 187 Å². The quantitative estimate of drug-likeness (QED) is 0.0133. The molecule has 13 heteroatoms. The highest BCUT2D eigenvalue weighted by Crippen LogP contribution is 2.43. The second-order valence-electron chi connectivity index (χ2n) is 14.2. The zero-order chi connectivity index (χ0) is 40.8. The summed E-state index contributed by atoms with van der Waals surface area (Å²) in [6.07, 6.45) is 34.8. The van der Waals surface area contributed by atoms with E-state index < -0.39 is 51.1 Å². The molecule has 4 N–H and O–H groups in total. The van der Waals surface area contributed by atoms with Gasteiger partial charge < -0.3 is 25.2 Å². The molecule has 0 saturated carbocycles. The van der Waals surface area contributed by atoms with E-state index in [2.05, 4.69) is 30.5 Å². The van der Waals surface area contributed by atoms with Crippen molar-refractivity contribution in [3.05, 3.63) is 36.5 Å². The fraction of sp³-hybridized carbons (Fsp3) is 0.762. The summed E-state index contributed by atoms with van der Waals surface area (Å²) in [4.78, 5) is 57.6. The minimum atomic E-state index is -4.74. The van der Waals surface area contributed by atoms with Gasteiger partial charge in [-0.15, -0.1) is 0 Å². The van der Waals surface area contributed by atoms with Gasteiger partial charge in [0.25, 0.3) is 0 Å². The van der Waals surface area contributed by atoms with Crippen LogP contribution in [0.15, 0.2) is 36.5 Å². The zero-order valence-electron chi connectivity index (χ0n) is 34.0. The number of carboxylic acids is 1. The minimum Gasteiger partial charge on any atom is -0.480 e. The van der Waals surface area contributed by atoms with Gasteiger partial charge in [-0.1, -0.05) is 128 Å². The van der Waals surface area contributed by atoms with E-state index in [4.69, 9.17) is 24.8 Å². The largest absolute Gasteiger partial charge is 0.480 e. The molecule has 3 atom stereocenters. The van der Waals surface area contributed by atoms with Crippen molar-refractivity contribution < 1.29 is 52.3 Å². The molecule has 12 nitrogen and oxygen atoms in total. The zero-order valence-corrected chi connectivity index (χ0v) is 34.9. The monoisotopic (exact) mass is 799 g/mol. The SMILES string of the molecule is CCCCCCCC/C=C\CCCCCCCC(=O)OC[C@H](COP(=O)(O)OC[C@H](N)C(=O)O)OC(=O)CCCCCCC/C=C\C=C\C(=O)CCCCC. The normalized spacial score (nSPS) is 14.0. The van der Waals surface area contributed by atoms with Gasteiger partial charge in [-0.05, 0) is 63.9 Å². The van der Waals surface area contributed by atoms with Crippen LogP contribution in [0.4, 0.5) is 0 Å². The first-order chi connectivity index (χ1) is 26.5. The van der Waals surface area contributed by atoms with Gasteiger partial charge in [-0.3, -0.25) is 28.2 Å². The van der Waals surface area contributed by atoms with E-state index in [1.165, 1.54) is 38.5 Å². The molecule has 0 saturated heterocycles. The van der Waals surface area contributed by atoms with Crippen molar-refractivity contribution in [2.24, 2.45) is 5.73 Å². The third-order valence-corrected chi connectivity index (χ3v) is 9.79. The van der Waals surface area contributed by atoms with Crippen LogP contribution in [0.3, 0.4) is 0 Å². The number of allylic oxidation sites excluding steroid dienone is 6. The minimum absolute atomic E-state index is 0.108. The third-order valence-electron chi connectivity index (χ3n) is 8.84. The number of phosphoric ester groups is 1. The fourth-order valence-corrected chi connectivity index (χ4v) is 6.23. The Balaban J connectivity index is 4.47. The molecule has 0 fully saturated rings. The highest BCUT2D eigenvalue weighted by atomic mass is 31.2. The van der Waals surface area contributed by atoms with Gasteiger partial charge in [0.1, 0.15) is 12.6 Å². The summed E-state index contributed by atoms with van der Waals surface area (Å²) >= 11 is 0. The summed E-state index contributed by atoms with van der Waals surface area (Å²) in [6.45, 7) is 2.58. The number of hydrogen-bond acceptors (Lipinski definition) is 10. The molecule has 0 aliphatic rings. The number of unbranched alkanes of at least 4 members (excludes halogenated alkanes) is 18. The Bertz CT molecular complexity index is 1140. The first-order valence-electron chi connectivity index (χ1n) is 21.0. The highest BCUT2D eigenvalue weighted by molar-refractivity contribution is 7.47. The molecule has 0 radical (unpaired) electrons. The number of carboxylic acid groups (broad SMARTS) is 1. The van der Waals surface area contributed by atoms with Crippen molar-refractivity contribution >= 4 is 31.5 Å². The van der Waals surface area contributed by atoms with E-state index in [-0.39, 0.29) is 25.2 Å². The average molecular weight is 800 g/mol. The first-order valence-corrected chi connectivity index (χ1v) is 22.5. The second kappa shape index (κ2) is 37.0. The molecule has 0 aromatic heterocycles. The number of hydrogen-bond donors (Lipinski definition) is 3. The summed E-state index contributed by atoms with van der Waals surface area (Å²) in [5, 5.41) is 8.87. The number of esters is 2. The molecule has 0 aromatic carbocycles. The molecule has 0 aliphatic carbocycles. The molecular formula is C42H74NO11P. The Kier molecular flexibility index (Phi) is 35.2. The lowest BCUT2D eigenvalue weighted by Crippen LogP contribution is -2.34. The summed E-state index contributed by atoms with van der Waals surface area (Å²) in [5.41, 5.74) is 5.32. The number of ether oxygens (including phenoxy) is 2. The van der Waals surface area contributed by atoms with Crippen LogP contribution in [0.1, 0.15) is 174 Å². The molecule has 0 bridgehead atoms. The molecule has 0 heterocycles. The number of aliphatic carboxylic acids is 1. The third kappa shape index (κ3) is 36.7. The summed E-state index contributed by atoms with van der Waals surface area (Å²) in [5.74, 6) is -2.31. The molecule has 1 unspecified atom stereocenters. The molecule has 55 heavy (non-hydrogen) atoms. The van der Waals surface area contributed by atoms with Crippen molar-refractivity contribution in [3.8, 4) is 0 Å². The Labute approximate surface area is 331 Å². The van der Waals surface area contributed by atoms with E-state index >= 15 is 0 Å². The van der Waals surface area contributed by atoms with Gasteiger partial charge in [0.05, 0.1) is 13.2 Å². The summed E-state index contributed by atoms with van der Waals surface area (Å²) in [7, 11) is -4.74. The molecule has 318 valence electrons. The molecular weight excluding hydrogens is 725 g/mol. The van der Waals surface area contributed by atoms with Crippen LogP contribution in [-0.4, -0.2) is 65.7 Å². The maximum absolute atomic E-state index is 12.6. The number of carbonyl (C=O) groups is 4. The van der Waals surface area contributed by atoms with E-state index in [9.17, 15) is 28.6 Å². The van der Waals surface area contributed by atoms with E-state index in [1.54, 1.807) is 12.2 Å². The van der Waals surface area contributed by atoms with Gasteiger partial charge in [0.2, 0.25) is 0 Å². The average Bonchev–Trinajstić information content (AvgIpc) is 3.15. The second-order valence-corrected chi connectivity index (χ2v) is 15.6. The van der Waals surface area contributed by atoms with Crippen molar-refractivity contribution in [1.82, 2.24) is 0 Å². The lowest BCUT2D eigenvalue weighted by Gasteiger charge is -2.20. The summed E-state index contributed by atoms with van der Waals surface area (Å²) in [6, 6.07) is -1.54. The standard InChI is InChI=1S/C42H74NO11P/c1-3-5-7-8-9-10-11-12-13-14-15-18-21-24-28-32-40(45)51-34-38(35-52-55(49,50)53-36-39(43)42(47)48)54-41(46)33-29-25-22-19-16-17-20-23-27-31-37(44)30-26-6-4-2/h12-13,20,23,27,31,38-39H,3-11,14-19,21-22,24-26,28-30,32-36,43H2,1-2H3,(H,47,48)(H,49,50)/b13-12-,23-20-,31-27+/t38-,39+/m1/s1. The maximum atomic E-state index is 12.6.